The lowest BCUT2D eigenvalue weighted by atomic mass is 10.3. The van der Waals surface area contributed by atoms with Crippen LogP contribution in [0.5, 0.6) is 0 Å². The second-order valence-corrected chi connectivity index (χ2v) is 6.13. The summed E-state index contributed by atoms with van der Waals surface area (Å²) in [6.45, 7) is 2.03. The highest BCUT2D eigenvalue weighted by atomic mass is 79.9. The van der Waals surface area contributed by atoms with E-state index >= 15 is 0 Å². The Labute approximate surface area is 106 Å². The predicted octanol–water partition coefficient (Wildman–Crippen LogP) is 4.20. The summed E-state index contributed by atoms with van der Waals surface area (Å²) in [4.78, 5) is 3.73. The van der Waals surface area contributed by atoms with Gasteiger partial charge in [0.1, 0.15) is 0 Å². The molecule has 1 nitrogen and oxygen atoms in total. The van der Waals surface area contributed by atoms with Crippen molar-refractivity contribution in [2.24, 2.45) is 0 Å². The molecule has 2 rings (SSSR count). The van der Waals surface area contributed by atoms with E-state index in [1.54, 1.807) is 22.7 Å². The van der Waals surface area contributed by atoms with Crippen LogP contribution in [0.25, 0.3) is 0 Å². The number of hydrogen-bond donors (Lipinski definition) is 0. The molecule has 80 valence electrons. The maximum Gasteiger partial charge on any atom is 0.0339 e. The third-order valence-electron chi connectivity index (χ3n) is 2.14. The lowest BCUT2D eigenvalue weighted by Gasteiger charge is -2.14. The van der Waals surface area contributed by atoms with E-state index in [-0.39, 0.29) is 0 Å². The maximum atomic E-state index is 3.56. The topological polar surface area (TPSA) is 3.24 Å². The van der Waals surface area contributed by atoms with Crippen molar-refractivity contribution in [1.29, 1.82) is 0 Å². The van der Waals surface area contributed by atoms with Gasteiger partial charge in [0.25, 0.3) is 0 Å². The van der Waals surface area contributed by atoms with Crippen molar-refractivity contribution in [3.63, 3.8) is 0 Å². The second-order valence-electron chi connectivity index (χ2n) is 3.50. The van der Waals surface area contributed by atoms with Crippen LogP contribution in [0.1, 0.15) is 10.4 Å². The molecule has 0 saturated carbocycles. The van der Waals surface area contributed by atoms with Gasteiger partial charge in [-0.1, -0.05) is 0 Å². The van der Waals surface area contributed by atoms with E-state index in [0.29, 0.717) is 0 Å². The zero-order valence-electron chi connectivity index (χ0n) is 8.44. The fraction of sp³-hybridized carbons (Fsp3) is 0.273. The van der Waals surface area contributed by atoms with Gasteiger partial charge in [0.05, 0.1) is 0 Å². The Balaban J connectivity index is 1.93. The Kier molecular flexibility index (Phi) is 3.97. The zero-order chi connectivity index (χ0) is 10.7. The molecule has 15 heavy (non-hydrogen) atoms. The van der Waals surface area contributed by atoms with Crippen LogP contribution in [0.3, 0.4) is 0 Å². The zero-order valence-corrected chi connectivity index (χ0v) is 11.7. The van der Waals surface area contributed by atoms with Gasteiger partial charge < -0.3 is 0 Å². The van der Waals surface area contributed by atoms with Crippen LogP contribution in [-0.4, -0.2) is 11.9 Å². The average Bonchev–Trinajstić information content (AvgIpc) is 2.79. The first-order valence-electron chi connectivity index (χ1n) is 4.67. The van der Waals surface area contributed by atoms with Crippen molar-refractivity contribution < 1.29 is 0 Å². The lowest BCUT2D eigenvalue weighted by molar-refractivity contribution is 0.322. The third kappa shape index (κ3) is 3.14. The summed E-state index contributed by atoms with van der Waals surface area (Å²) in [7, 11) is 2.16. The summed E-state index contributed by atoms with van der Waals surface area (Å²) >= 11 is 7.12. The summed E-state index contributed by atoms with van der Waals surface area (Å²) in [5.74, 6) is 0. The number of halogens is 1. The lowest BCUT2D eigenvalue weighted by Crippen LogP contribution is -2.16. The van der Waals surface area contributed by atoms with E-state index in [1.165, 1.54) is 14.9 Å². The average molecular weight is 302 g/mol. The summed E-state index contributed by atoms with van der Waals surface area (Å²) < 4.78 is 1.23. The summed E-state index contributed by atoms with van der Waals surface area (Å²) in [5.41, 5.74) is 1.40. The predicted molar refractivity (Wildman–Crippen MR) is 71.5 cm³/mol. The summed E-state index contributed by atoms with van der Waals surface area (Å²) in [5, 5.41) is 6.46. The fourth-order valence-electron chi connectivity index (χ4n) is 1.43. The largest absolute Gasteiger partial charge is 0.297 e. The molecule has 0 aromatic carbocycles. The van der Waals surface area contributed by atoms with Gasteiger partial charge in [-0.2, -0.15) is 11.3 Å². The van der Waals surface area contributed by atoms with E-state index in [1.807, 2.05) is 0 Å². The molecule has 0 aliphatic heterocycles. The summed E-state index contributed by atoms with van der Waals surface area (Å²) in [6.07, 6.45) is 0. The van der Waals surface area contributed by atoms with Crippen molar-refractivity contribution >= 4 is 38.6 Å². The number of hydrogen-bond acceptors (Lipinski definition) is 3. The van der Waals surface area contributed by atoms with Crippen LogP contribution < -0.4 is 0 Å². The van der Waals surface area contributed by atoms with Gasteiger partial charge in [-0.3, -0.25) is 4.90 Å². The second kappa shape index (κ2) is 5.25. The first-order valence-corrected chi connectivity index (χ1v) is 7.29. The summed E-state index contributed by atoms with van der Waals surface area (Å²) in [6, 6.07) is 4.29. The Morgan fingerprint density at radius 1 is 1.27 bits per heavy atom. The maximum absolute atomic E-state index is 3.56. The van der Waals surface area contributed by atoms with E-state index < -0.39 is 0 Å². The van der Waals surface area contributed by atoms with Gasteiger partial charge in [0.2, 0.25) is 0 Å². The molecule has 0 unspecified atom stereocenters. The molecule has 0 saturated heterocycles. The number of nitrogens with zero attached hydrogens (tertiary/aromatic N) is 1. The van der Waals surface area contributed by atoms with Crippen molar-refractivity contribution in [1.82, 2.24) is 4.90 Å². The Morgan fingerprint density at radius 2 is 2.13 bits per heavy atom. The minimum Gasteiger partial charge on any atom is -0.297 e. The van der Waals surface area contributed by atoms with E-state index in [9.17, 15) is 0 Å². The molecule has 0 spiro atoms. The number of thiophene rings is 2. The molecule has 0 fully saturated rings. The van der Waals surface area contributed by atoms with Crippen LogP contribution in [0, 0.1) is 0 Å². The van der Waals surface area contributed by atoms with Gasteiger partial charge >= 0.3 is 0 Å². The number of rotatable bonds is 4. The first-order chi connectivity index (χ1) is 7.25. The van der Waals surface area contributed by atoms with Crippen LogP contribution in [-0.2, 0) is 13.1 Å². The fourth-order valence-corrected chi connectivity index (χ4v) is 3.65. The molecule has 0 aliphatic carbocycles. The minimum absolute atomic E-state index is 1.01. The van der Waals surface area contributed by atoms with E-state index in [2.05, 4.69) is 56.2 Å². The molecule has 4 heteroatoms. The Morgan fingerprint density at radius 3 is 2.73 bits per heavy atom. The van der Waals surface area contributed by atoms with Gasteiger partial charge in [0.15, 0.2) is 0 Å². The molecular weight excluding hydrogens is 290 g/mol. The van der Waals surface area contributed by atoms with Crippen molar-refractivity contribution in [3.05, 3.63) is 43.2 Å². The molecule has 0 atom stereocenters. The van der Waals surface area contributed by atoms with Gasteiger partial charge in [-0.05, 0) is 56.8 Å². The normalized spacial score (nSPS) is 11.1. The standard InChI is InChI=1S/C11H12BrNS2/c1-13(6-9-2-4-14-8-9)7-11-10(12)3-5-15-11/h2-5,8H,6-7H2,1H3. The van der Waals surface area contributed by atoms with Gasteiger partial charge in [0, 0.05) is 22.4 Å². The molecule has 0 amide bonds. The first kappa shape index (κ1) is 11.3. The van der Waals surface area contributed by atoms with Crippen LogP contribution in [0.4, 0.5) is 0 Å². The van der Waals surface area contributed by atoms with Crippen LogP contribution >= 0.6 is 38.6 Å². The van der Waals surface area contributed by atoms with Gasteiger partial charge in [-0.25, -0.2) is 0 Å². The van der Waals surface area contributed by atoms with Crippen LogP contribution in [0.2, 0.25) is 0 Å². The molecular formula is C11H12BrNS2. The SMILES string of the molecule is CN(Cc1ccsc1)Cc1sccc1Br. The highest BCUT2D eigenvalue weighted by molar-refractivity contribution is 9.10. The molecule has 0 aliphatic rings. The Bertz CT molecular complexity index is 408. The molecule has 0 radical (unpaired) electrons. The quantitative estimate of drug-likeness (QED) is 0.818. The highest BCUT2D eigenvalue weighted by Crippen LogP contribution is 2.24. The molecule has 0 N–H and O–H groups in total. The van der Waals surface area contributed by atoms with Crippen molar-refractivity contribution in [2.75, 3.05) is 7.05 Å². The third-order valence-corrected chi connectivity index (χ3v) is 4.78. The minimum atomic E-state index is 1.01. The molecule has 2 aromatic heterocycles. The van der Waals surface area contributed by atoms with E-state index in [0.717, 1.165) is 13.1 Å². The monoisotopic (exact) mass is 301 g/mol. The highest BCUT2D eigenvalue weighted by Gasteiger charge is 2.06. The Hall–Kier alpha value is -0.160. The smallest absolute Gasteiger partial charge is 0.0339 e. The van der Waals surface area contributed by atoms with Crippen molar-refractivity contribution in [2.45, 2.75) is 13.1 Å². The molecule has 2 heterocycles. The van der Waals surface area contributed by atoms with Crippen LogP contribution in [0.15, 0.2) is 32.7 Å². The van der Waals surface area contributed by atoms with Gasteiger partial charge in [-0.15, -0.1) is 11.3 Å². The molecule has 0 bridgehead atoms. The van der Waals surface area contributed by atoms with E-state index in [4.69, 9.17) is 0 Å². The van der Waals surface area contributed by atoms with Crippen molar-refractivity contribution in [3.8, 4) is 0 Å². The molecule has 2 aromatic rings.